The van der Waals surface area contributed by atoms with Gasteiger partial charge in [-0.1, -0.05) is 18.2 Å². The van der Waals surface area contributed by atoms with Crippen molar-refractivity contribution < 1.29 is 14.3 Å². The van der Waals surface area contributed by atoms with E-state index >= 15 is 0 Å². The second-order valence-electron chi connectivity index (χ2n) is 5.44. The zero-order chi connectivity index (χ0) is 18.4. The Morgan fingerprint density at radius 2 is 1.81 bits per heavy atom. The molecule has 0 radical (unpaired) electrons. The molecule has 26 heavy (non-hydrogen) atoms. The van der Waals surface area contributed by atoms with E-state index in [-0.39, 0.29) is 5.91 Å². The van der Waals surface area contributed by atoms with Gasteiger partial charge in [-0.25, -0.2) is 4.98 Å². The molecular formula is C20H19N3O3. The molecule has 0 aliphatic carbocycles. The van der Waals surface area contributed by atoms with E-state index in [4.69, 9.17) is 9.47 Å². The normalized spacial score (nSPS) is 10.1. The molecule has 132 valence electrons. The van der Waals surface area contributed by atoms with Crippen LogP contribution in [0, 0.1) is 0 Å². The first-order chi connectivity index (χ1) is 12.7. The molecule has 0 saturated heterocycles. The largest absolute Gasteiger partial charge is 0.497 e. The number of hydrogen-bond donors (Lipinski definition) is 2. The average molecular weight is 349 g/mol. The molecule has 1 amide bonds. The van der Waals surface area contributed by atoms with E-state index in [1.54, 1.807) is 56.8 Å². The highest BCUT2D eigenvalue weighted by molar-refractivity contribution is 6.04. The zero-order valence-corrected chi connectivity index (χ0v) is 14.5. The fourth-order valence-corrected chi connectivity index (χ4v) is 2.40. The molecule has 2 aromatic carbocycles. The molecule has 0 aliphatic rings. The van der Waals surface area contributed by atoms with Gasteiger partial charge in [-0.15, -0.1) is 0 Å². The van der Waals surface area contributed by atoms with E-state index in [0.29, 0.717) is 22.8 Å². The first-order valence-electron chi connectivity index (χ1n) is 8.01. The van der Waals surface area contributed by atoms with E-state index in [2.05, 4.69) is 15.6 Å². The lowest BCUT2D eigenvalue weighted by atomic mass is 10.2. The third kappa shape index (κ3) is 4.10. The maximum atomic E-state index is 12.3. The SMILES string of the molecule is COc1cccc(C(=O)Nc2ccc(Nc3ccccc3OC)nc2)c1. The van der Waals surface area contributed by atoms with Crippen LogP contribution in [-0.4, -0.2) is 25.1 Å². The maximum Gasteiger partial charge on any atom is 0.255 e. The van der Waals surface area contributed by atoms with E-state index < -0.39 is 0 Å². The number of methoxy groups -OCH3 is 2. The zero-order valence-electron chi connectivity index (χ0n) is 14.5. The summed E-state index contributed by atoms with van der Waals surface area (Å²) in [6, 6.07) is 18.1. The number of carbonyl (C=O) groups is 1. The number of aromatic nitrogens is 1. The predicted octanol–water partition coefficient (Wildman–Crippen LogP) is 4.09. The van der Waals surface area contributed by atoms with E-state index in [1.807, 2.05) is 24.3 Å². The highest BCUT2D eigenvalue weighted by Gasteiger charge is 2.08. The molecule has 0 aliphatic heterocycles. The van der Waals surface area contributed by atoms with Crippen LogP contribution in [0.5, 0.6) is 11.5 Å². The fourth-order valence-electron chi connectivity index (χ4n) is 2.40. The first-order valence-corrected chi connectivity index (χ1v) is 8.01. The Morgan fingerprint density at radius 1 is 0.962 bits per heavy atom. The predicted molar refractivity (Wildman–Crippen MR) is 101 cm³/mol. The summed E-state index contributed by atoms with van der Waals surface area (Å²) in [5.74, 6) is 1.78. The molecule has 0 saturated carbocycles. The van der Waals surface area contributed by atoms with Gasteiger partial charge in [-0.05, 0) is 42.5 Å². The molecule has 0 unspecified atom stereocenters. The Kier molecular flexibility index (Phi) is 5.34. The monoisotopic (exact) mass is 349 g/mol. The van der Waals surface area contributed by atoms with Gasteiger partial charge in [0.05, 0.1) is 31.8 Å². The molecule has 0 fully saturated rings. The van der Waals surface area contributed by atoms with Crippen molar-refractivity contribution in [3.05, 3.63) is 72.4 Å². The molecule has 3 aromatic rings. The summed E-state index contributed by atoms with van der Waals surface area (Å²) in [7, 11) is 3.18. The third-order valence-electron chi connectivity index (χ3n) is 3.72. The molecule has 1 heterocycles. The van der Waals surface area contributed by atoms with Crippen molar-refractivity contribution in [1.29, 1.82) is 0 Å². The van der Waals surface area contributed by atoms with E-state index in [9.17, 15) is 4.79 Å². The van der Waals surface area contributed by atoms with Gasteiger partial charge < -0.3 is 20.1 Å². The fraction of sp³-hybridized carbons (Fsp3) is 0.100. The van der Waals surface area contributed by atoms with Gasteiger partial charge in [0.2, 0.25) is 0 Å². The quantitative estimate of drug-likeness (QED) is 0.701. The second-order valence-corrected chi connectivity index (χ2v) is 5.44. The summed E-state index contributed by atoms with van der Waals surface area (Å²) in [6.45, 7) is 0. The topological polar surface area (TPSA) is 72.5 Å². The van der Waals surface area contributed by atoms with Gasteiger partial charge in [0.25, 0.3) is 5.91 Å². The van der Waals surface area contributed by atoms with Gasteiger partial charge in [-0.3, -0.25) is 4.79 Å². The van der Waals surface area contributed by atoms with E-state index in [1.165, 1.54) is 0 Å². The van der Waals surface area contributed by atoms with Crippen LogP contribution < -0.4 is 20.1 Å². The summed E-state index contributed by atoms with van der Waals surface area (Å²) < 4.78 is 10.4. The second kappa shape index (κ2) is 8.02. The van der Waals surface area contributed by atoms with Gasteiger partial charge in [-0.2, -0.15) is 0 Å². The molecule has 2 N–H and O–H groups in total. The van der Waals surface area contributed by atoms with Crippen molar-refractivity contribution in [2.24, 2.45) is 0 Å². The van der Waals surface area contributed by atoms with Crippen molar-refractivity contribution in [3.63, 3.8) is 0 Å². The van der Waals surface area contributed by atoms with Gasteiger partial charge in [0, 0.05) is 5.56 Å². The minimum Gasteiger partial charge on any atom is -0.497 e. The lowest BCUT2D eigenvalue weighted by Gasteiger charge is -2.11. The number of rotatable bonds is 6. The smallest absolute Gasteiger partial charge is 0.255 e. The highest BCUT2D eigenvalue weighted by atomic mass is 16.5. The standard InChI is InChI=1S/C20H19N3O3/c1-25-16-7-5-6-14(12-16)20(24)22-15-10-11-19(21-13-15)23-17-8-3-4-9-18(17)26-2/h3-13H,1-2H3,(H,21,23)(H,22,24). The molecular weight excluding hydrogens is 330 g/mol. The number of hydrogen-bond acceptors (Lipinski definition) is 5. The van der Waals surface area contributed by atoms with E-state index in [0.717, 1.165) is 11.4 Å². The number of pyridine rings is 1. The Hall–Kier alpha value is -3.54. The molecule has 3 rings (SSSR count). The summed E-state index contributed by atoms with van der Waals surface area (Å²) in [6.07, 6.45) is 1.59. The molecule has 0 atom stereocenters. The Morgan fingerprint density at radius 3 is 2.54 bits per heavy atom. The van der Waals surface area contributed by atoms with Crippen LogP contribution in [0.4, 0.5) is 17.2 Å². The summed E-state index contributed by atoms with van der Waals surface area (Å²) in [5.41, 5.74) is 1.93. The Labute approximate surface area is 151 Å². The van der Waals surface area contributed by atoms with Crippen molar-refractivity contribution in [3.8, 4) is 11.5 Å². The minimum atomic E-state index is -0.226. The van der Waals surface area contributed by atoms with Crippen LogP contribution in [0.1, 0.15) is 10.4 Å². The van der Waals surface area contributed by atoms with Crippen molar-refractivity contribution in [2.45, 2.75) is 0 Å². The van der Waals surface area contributed by atoms with Crippen molar-refractivity contribution in [1.82, 2.24) is 4.98 Å². The number of anilines is 3. The average Bonchev–Trinajstić information content (AvgIpc) is 2.70. The number of carbonyl (C=O) groups excluding carboxylic acids is 1. The minimum absolute atomic E-state index is 0.226. The van der Waals surface area contributed by atoms with Crippen LogP contribution in [0.2, 0.25) is 0 Å². The molecule has 6 nitrogen and oxygen atoms in total. The number of para-hydroxylation sites is 2. The van der Waals surface area contributed by atoms with Crippen LogP contribution in [0.3, 0.4) is 0 Å². The van der Waals surface area contributed by atoms with Gasteiger partial charge >= 0.3 is 0 Å². The van der Waals surface area contributed by atoms with Crippen LogP contribution in [0.15, 0.2) is 66.9 Å². The van der Waals surface area contributed by atoms with Crippen molar-refractivity contribution >= 4 is 23.1 Å². The Balaban J connectivity index is 1.68. The molecule has 0 bridgehead atoms. The highest BCUT2D eigenvalue weighted by Crippen LogP contribution is 2.26. The van der Waals surface area contributed by atoms with Crippen LogP contribution in [0.25, 0.3) is 0 Å². The maximum absolute atomic E-state index is 12.3. The molecule has 6 heteroatoms. The lowest BCUT2D eigenvalue weighted by Crippen LogP contribution is -2.12. The Bertz CT molecular complexity index is 895. The number of benzene rings is 2. The third-order valence-corrected chi connectivity index (χ3v) is 3.72. The lowest BCUT2D eigenvalue weighted by molar-refractivity contribution is 0.102. The number of nitrogens with one attached hydrogen (secondary N) is 2. The van der Waals surface area contributed by atoms with Gasteiger partial charge in [0.1, 0.15) is 17.3 Å². The number of ether oxygens (including phenoxy) is 2. The van der Waals surface area contributed by atoms with Crippen LogP contribution in [-0.2, 0) is 0 Å². The van der Waals surface area contributed by atoms with Gasteiger partial charge in [0.15, 0.2) is 0 Å². The summed E-state index contributed by atoms with van der Waals surface area (Å²) in [4.78, 5) is 16.6. The summed E-state index contributed by atoms with van der Waals surface area (Å²) >= 11 is 0. The molecule has 1 aromatic heterocycles. The van der Waals surface area contributed by atoms with Crippen molar-refractivity contribution in [2.75, 3.05) is 24.9 Å². The number of nitrogens with zero attached hydrogens (tertiary/aromatic N) is 1. The summed E-state index contributed by atoms with van der Waals surface area (Å²) in [5, 5.41) is 6.00. The first kappa shape index (κ1) is 17.3. The van der Waals surface area contributed by atoms with Crippen LogP contribution >= 0.6 is 0 Å². The molecule has 0 spiro atoms. The number of amides is 1.